The van der Waals surface area contributed by atoms with Crippen LogP contribution in [0, 0.1) is 17.8 Å². The number of aromatic hydroxyl groups is 1. The molecule has 8 amide bonds. The third kappa shape index (κ3) is 16.1. The first-order valence-electron chi connectivity index (χ1n) is 25.0. The van der Waals surface area contributed by atoms with Crippen LogP contribution in [0.2, 0.25) is 0 Å². The van der Waals surface area contributed by atoms with Crippen molar-refractivity contribution in [2.75, 3.05) is 19.6 Å². The zero-order chi connectivity index (χ0) is 54.4. The van der Waals surface area contributed by atoms with Gasteiger partial charge in [-0.2, -0.15) is 0 Å². The van der Waals surface area contributed by atoms with E-state index in [0.717, 1.165) is 0 Å². The minimum atomic E-state index is -1.54. The van der Waals surface area contributed by atoms with Crippen LogP contribution in [-0.2, 0) is 59.2 Å². The Morgan fingerprint density at radius 1 is 0.548 bits per heavy atom. The van der Waals surface area contributed by atoms with Crippen molar-refractivity contribution in [2.45, 2.75) is 167 Å². The molecule has 24 heteroatoms. The summed E-state index contributed by atoms with van der Waals surface area (Å²) < 4.78 is 0. The fourth-order valence-corrected chi connectivity index (χ4v) is 9.24. The van der Waals surface area contributed by atoms with Gasteiger partial charge in [0.1, 0.15) is 54.1 Å². The normalized spacial score (nSPS) is 20.1. The number of hydrogen-bond acceptors (Lipinski definition) is 13. The number of nitrogens with one attached hydrogen (secondary N) is 5. The van der Waals surface area contributed by atoms with Crippen molar-refractivity contribution in [2.24, 2.45) is 23.5 Å². The molecule has 1 aromatic carbocycles. The second-order valence-corrected chi connectivity index (χ2v) is 20.1. The quantitative estimate of drug-likeness (QED) is 0.0587. The monoisotopic (exact) mass is 1030 g/mol. The maximum absolute atomic E-state index is 14.5. The lowest BCUT2D eigenvalue weighted by atomic mass is 9.99. The van der Waals surface area contributed by atoms with Gasteiger partial charge in [-0.05, 0) is 86.8 Å². The van der Waals surface area contributed by atoms with Crippen LogP contribution in [0.1, 0.15) is 111 Å². The molecular weight excluding hydrogens is 955 g/mol. The number of aliphatic carboxylic acids is 3. The van der Waals surface area contributed by atoms with Gasteiger partial charge in [0.05, 0.1) is 6.04 Å². The van der Waals surface area contributed by atoms with E-state index in [1.54, 1.807) is 41.5 Å². The van der Waals surface area contributed by atoms with E-state index in [2.05, 4.69) is 26.6 Å². The molecule has 3 aliphatic rings. The Morgan fingerprint density at radius 3 is 1.51 bits per heavy atom. The molecule has 0 aliphatic carbocycles. The van der Waals surface area contributed by atoms with E-state index in [9.17, 15) is 73.2 Å². The Kier molecular flexibility index (Phi) is 21.5. The summed E-state index contributed by atoms with van der Waals surface area (Å²) in [6, 6.07) is -5.36. The van der Waals surface area contributed by atoms with Crippen LogP contribution in [0.25, 0.3) is 0 Å². The molecule has 0 radical (unpaired) electrons. The number of rotatable bonds is 25. The largest absolute Gasteiger partial charge is 0.508 e. The Balaban J connectivity index is 1.56. The van der Waals surface area contributed by atoms with Gasteiger partial charge in [0, 0.05) is 38.9 Å². The lowest BCUT2D eigenvalue weighted by Gasteiger charge is -2.34. The lowest BCUT2D eigenvalue weighted by Crippen LogP contribution is -2.60. The van der Waals surface area contributed by atoms with Gasteiger partial charge in [0.2, 0.25) is 47.3 Å². The summed E-state index contributed by atoms with van der Waals surface area (Å²) in [4.78, 5) is 151. The molecule has 11 N–H and O–H groups in total. The van der Waals surface area contributed by atoms with E-state index in [0.29, 0.717) is 24.8 Å². The first-order chi connectivity index (χ1) is 34.3. The highest BCUT2D eigenvalue weighted by Crippen LogP contribution is 2.27. The number of benzene rings is 1. The molecule has 4 rings (SSSR count). The minimum absolute atomic E-state index is 0.0118. The van der Waals surface area contributed by atoms with E-state index in [1.807, 2.05) is 0 Å². The number of carboxylic acid groups (broad SMARTS) is 3. The average Bonchev–Trinajstić information content (AvgIpc) is 4.14. The summed E-state index contributed by atoms with van der Waals surface area (Å²) in [5.41, 5.74) is 6.53. The smallest absolute Gasteiger partial charge is 0.326 e. The van der Waals surface area contributed by atoms with Gasteiger partial charge in [-0.15, -0.1) is 0 Å². The number of phenolic OH excluding ortho intramolecular Hbond substituents is 1. The van der Waals surface area contributed by atoms with Crippen molar-refractivity contribution < 1.29 is 73.2 Å². The second-order valence-electron chi connectivity index (χ2n) is 20.1. The topological polar surface area (TPSA) is 365 Å². The molecule has 404 valence electrons. The number of amides is 8. The summed E-state index contributed by atoms with van der Waals surface area (Å²) >= 11 is 0. The van der Waals surface area contributed by atoms with E-state index < -0.39 is 157 Å². The van der Waals surface area contributed by atoms with Crippen LogP contribution in [0.15, 0.2) is 24.3 Å². The van der Waals surface area contributed by atoms with Gasteiger partial charge >= 0.3 is 17.9 Å². The molecule has 0 aromatic heterocycles. The van der Waals surface area contributed by atoms with Crippen LogP contribution < -0.4 is 32.3 Å². The number of hydrogen-bond donors (Lipinski definition) is 10. The number of phenols is 1. The Bertz CT molecular complexity index is 2210. The summed E-state index contributed by atoms with van der Waals surface area (Å²) in [7, 11) is 0. The third-order valence-corrected chi connectivity index (χ3v) is 13.5. The number of nitrogens with zero attached hydrogens (tertiary/aromatic N) is 3. The summed E-state index contributed by atoms with van der Waals surface area (Å²) in [5.74, 6) is -11.0. The predicted molar refractivity (Wildman–Crippen MR) is 260 cm³/mol. The molecule has 3 fully saturated rings. The maximum atomic E-state index is 14.5. The van der Waals surface area contributed by atoms with Crippen LogP contribution >= 0.6 is 0 Å². The van der Waals surface area contributed by atoms with E-state index in [-0.39, 0.29) is 57.0 Å². The van der Waals surface area contributed by atoms with Crippen molar-refractivity contribution in [3.05, 3.63) is 29.8 Å². The molecular formula is C49H73N9O15. The van der Waals surface area contributed by atoms with Gasteiger partial charge in [-0.3, -0.25) is 47.9 Å². The summed E-state index contributed by atoms with van der Waals surface area (Å²) in [6.45, 7) is 10.4. The molecule has 9 atom stereocenters. The molecule has 24 nitrogen and oxygen atoms in total. The molecule has 0 unspecified atom stereocenters. The molecule has 73 heavy (non-hydrogen) atoms. The molecule has 0 bridgehead atoms. The molecule has 3 aliphatic heterocycles. The first kappa shape index (κ1) is 58.7. The molecule has 3 heterocycles. The second kappa shape index (κ2) is 26.7. The van der Waals surface area contributed by atoms with Crippen LogP contribution in [0.4, 0.5) is 0 Å². The Labute approximate surface area is 423 Å². The van der Waals surface area contributed by atoms with Gasteiger partial charge < -0.3 is 67.4 Å². The van der Waals surface area contributed by atoms with Gasteiger partial charge in [0.25, 0.3) is 0 Å². The standard InChI is InChI=1S/C49H73N9O15/c1-25(2)38(50)45(68)54-39(26(3)4)48(71)57-22-8-11-34(57)44(67)53-32(24-28-13-15-29(59)16-14-28)42(65)52-31(18-20-37(62)63)46(69)58-23-9-12-35(58)47(70)56-21-7-10-33(56)43(66)51-30(17-19-36(60)61)41(64)55-40(27(5)6)49(72)73/h13-16,25-27,30-35,38-40,59H,7-12,17-24,50H2,1-6H3,(H,51,66)(H,52,65)(H,53,67)(H,54,68)(H,55,64)(H,60,61)(H,62,63)(H,72,73)/t30-,31-,32-,33-,34-,35-,38-,39-,40-/m0/s1. The van der Waals surface area contributed by atoms with Gasteiger partial charge in [0.15, 0.2) is 0 Å². The van der Waals surface area contributed by atoms with E-state index >= 15 is 0 Å². The first-order valence-corrected chi connectivity index (χ1v) is 25.0. The number of carbonyl (C=O) groups is 11. The van der Waals surface area contributed by atoms with Crippen molar-refractivity contribution in [1.29, 1.82) is 0 Å². The van der Waals surface area contributed by atoms with E-state index in [4.69, 9.17) is 5.73 Å². The summed E-state index contributed by atoms with van der Waals surface area (Å²) in [5, 5.41) is 51.6. The Hall–Kier alpha value is -6.85. The fourth-order valence-electron chi connectivity index (χ4n) is 9.24. The predicted octanol–water partition coefficient (Wildman–Crippen LogP) is -0.559. The molecule has 1 aromatic rings. The zero-order valence-electron chi connectivity index (χ0n) is 42.3. The number of likely N-dealkylation sites (tertiary alicyclic amines) is 3. The highest BCUT2D eigenvalue weighted by molar-refractivity contribution is 5.99. The van der Waals surface area contributed by atoms with Crippen LogP contribution in [0.3, 0.4) is 0 Å². The average molecular weight is 1030 g/mol. The van der Waals surface area contributed by atoms with Crippen molar-refractivity contribution in [1.82, 2.24) is 41.3 Å². The number of nitrogens with two attached hydrogens (primary N) is 1. The minimum Gasteiger partial charge on any atom is -0.508 e. The zero-order valence-corrected chi connectivity index (χ0v) is 42.3. The fraction of sp³-hybridized carbons (Fsp3) is 0.653. The lowest BCUT2D eigenvalue weighted by molar-refractivity contribution is -0.149. The number of carboxylic acids is 3. The highest BCUT2D eigenvalue weighted by Gasteiger charge is 2.45. The van der Waals surface area contributed by atoms with Gasteiger partial charge in [-0.25, -0.2) is 4.79 Å². The highest BCUT2D eigenvalue weighted by atomic mass is 16.4. The Morgan fingerprint density at radius 2 is 1.00 bits per heavy atom. The molecule has 0 spiro atoms. The summed E-state index contributed by atoms with van der Waals surface area (Å²) in [6.07, 6.45) is -0.602. The molecule has 0 saturated carbocycles. The van der Waals surface area contributed by atoms with E-state index in [1.165, 1.54) is 39.0 Å². The van der Waals surface area contributed by atoms with Crippen LogP contribution in [-0.4, -0.2) is 174 Å². The van der Waals surface area contributed by atoms with Gasteiger partial charge in [-0.1, -0.05) is 53.7 Å². The van der Waals surface area contributed by atoms with Crippen molar-refractivity contribution in [3.63, 3.8) is 0 Å². The SMILES string of the molecule is CC(C)[C@H](N)C(=O)N[C@H](C(=O)N1CCC[C@H]1C(=O)N[C@@H](Cc1ccc(O)cc1)C(=O)N[C@@H](CCC(=O)O)C(=O)N1CCC[C@H]1C(=O)N1CCC[C@H]1C(=O)N[C@@H](CCC(=O)O)C(=O)N[C@H](C(=O)O)C(C)C)C(C)C. The molecule has 3 saturated heterocycles. The van der Waals surface area contributed by atoms with Crippen molar-refractivity contribution in [3.8, 4) is 5.75 Å². The van der Waals surface area contributed by atoms with Crippen molar-refractivity contribution >= 4 is 65.2 Å². The van der Waals surface area contributed by atoms with Crippen LogP contribution in [0.5, 0.6) is 5.75 Å². The number of carbonyl (C=O) groups excluding carboxylic acids is 8. The maximum Gasteiger partial charge on any atom is 0.326 e. The third-order valence-electron chi connectivity index (χ3n) is 13.5.